The minimum atomic E-state index is -3.37. The molecule has 0 atom stereocenters. The number of nitrogen functional groups attached to an aromatic ring is 1. The van der Waals surface area contributed by atoms with E-state index in [0.717, 1.165) is 6.26 Å². The first-order valence-electron chi connectivity index (χ1n) is 6.08. The Bertz CT molecular complexity index is 801. The largest absolute Gasteiger partial charge is 0.369 e. The summed E-state index contributed by atoms with van der Waals surface area (Å²) in [6.07, 6.45) is 1.09. The maximum atomic E-state index is 13.7. The number of sulfonamides is 1. The van der Waals surface area contributed by atoms with Crippen LogP contribution in [0.25, 0.3) is 11.0 Å². The van der Waals surface area contributed by atoms with Gasteiger partial charge in [-0.1, -0.05) is 0 Å². The number of fused-ring (bicyclic) bond motifs is 1. The number of hydrogen-bond donors (Lipinski definition) is 2. The molecule has 1 aromatic heterocycles. The first kappa shape index (κ1) is 16.4. The highest BCUT2D eigenvalue weighted by atomic mass is 127. The molecular formula is C12H16FIN4O2S. The minimum absolute atomic E-state index is 0.217. The number of hydrogen-bond acceptors (Lipinski definition) is 4. The van der Waals surface area contributed by atoms with Crippen LogP contribution in [0.5, 0.6) is 0 Å². The van der Waals surface area contributed by atoms with E-state index in [1.165, 1.54) is 6.07 Å². The second-order valence-electron chi connectivity index (χ2n) is 5.57. The molecule has 0 bridgehead atoms. The van der Waals surface area contributed by atoms with E-state index < -0.39 is 15.6 Å². The first-order valence-corrected chi connectivity index (χ1v) is 9.05. The molecule has 3 N–H and O–H groups in total. The van der Waals surface area contributed by atoms with Crippen LogP contribution in [-0.4, -0.2) is 29.8 Å². The predicted octanol–water partition coefficient (Wildman–Crippen LogP) is 1.69. The standard InChI is InChI=1S/C12H16FIN4O2S/c1-12(2,17-21(3,19)20)6-18-10-4-7(13)8(14)5-9(10)16-11(18)15/h4-5,17H,6H2,1-3H3,(H2,15,16). The van der Waals surface area contributed by atoms with E-state index in [9.17, 15) is 12.8 Å². The van der Waals surface area contributed by atoms with Crippen molar-refractivity contribution in [3.8, 4) is 0 Å². The van der Waals surface area contributed by atoms with Crippen LogP contribution in [-0.2, 0) is 16.6 Å². The first-order chi connectivity index (χ1) is 9.48. The summed E-state index contributed by atoms with van der Waals surface area (Å²) in [5.41, 5.74) is 6.20. The zero-order valence-corrected chi connectivity index (χ0v) is 14.8. The molecule has 0 saturated heterocycles. The normalized spacial score (nSPS) is 13.0. The molecule has 2 aromatic rings. The summed E-state index contributed by atoms with van der Waals surface area (Å²) >= 11 is 1.88. The van der Waals surface area contributed by atoms with Gasteiger partial charge in [0.25, 0.3) is 0 Å². The Labute approximate surface area is 136 Å². The summed E-state index contributed by atoms with van der Waals surface area (Å²) in [4.78, 5) is 4.19. The van der Waals surface area contributed by atoms with Crippen LogP contribution in [0.4, 0.5) is 10.3 Å². The molecule has 0 radical (unpaired) electrons. The quantitative estimate of drug-likeness (QED) is 0.729. The van der Waals surface area contributed by atoms with Crippen molar-refractivity contribution in [2.75, 3.05) is 12.0 Å². The van der Waals surface area contributed by atoms with Crippen molar-refractivity contribution >= 4 is 49.6 Å². The summed E-state index contributed by atoms with van der Waals surface area (Å²) in [5, 5.41) is 0. The van der Waals surface area contributed by atoms with Crippen LogP contribution < -0.4 is 10.5 Å². The number of rotatable bonds is 4. The third-order valence-electron chi connectivity index (χ3n) is 2.83. The molecule has 0 aliphatic heterocycles. The molecule has 1 aromatic carbocycles. The molecule has 116 valence electrons. The van der Waals surface area contributed by atoms with Gasteiger partial charge in [-0.3, -0.25) is 0 Å². The smallest absolute Gasteiger partial charge is 0.209 e. The van der Waals surface area contributed by atoms with E-state index in [1.807, 2.05) is 22.6 Å². The van der Waals surface area contributed by atoms with Crippen LogP contribution in [0.3, 0.4) is 0 Å². The third kappa shape index (κ3) is 3.83. The Kier molecular flexibility index (Phi) is 4.19. The van der Waals surface area contributed by atoms with E-state index in [4.69, 9.17) is 5.73 Å². The molecule has 6 nitrogen and oxygen atoms in total. The number of benzene rings is 1. The fraction of sp³-hybridized carbons (Fsp3) is 0.417. The molecule has 0 amide bonds. The van der Waals surface area contributed by atoms with Crippen LogP contribution in [0.15, 0.2) is 12.1 Å². The molecular weight excluding hydrogens is 410 g/mol. The summed E-state index contributed by atoms with van der Waals surface area (Å²) in [5.74, 6) is -0.145. The Morgan fingerprint density at radius 2 is 2.10 bits per heavy atom. The zero-order chi connectivity index (χ0) is 16.0. The van der Waals surface area contributed by atoms with Gasteiger partial charge in [0.1, 0.15) is 5.82 Å². The van der Waals surface area contributed by atoms with Gasteiger partial charge in [-0.15, -0.1) is 0 Å². The highest BCUT2D eigenvalue weighted by molar-refractivity contribution is 14.1. The lowest BCUT2D eigenvalue weighted by molar-refractivity contribution is 0.398. The molecule has 0 unspecified atom stereocenters. The van der Waals surface area contributed by atoms with Crippen LogP contribution in [0.2, 0.25) is 0 Å². The monoisotopic (exact) mass is 426 g/mol. The Balaban J connectivity index is 2.47. The summed E-state index contributed by atoms with van der Waals surface area (Å²) < 4.78 is 41.1. The van der Waals surface area contributed by atoms with Crippen molar-refractivity contribution in [2.24, 2.45) is 0 Å². The van der Waals surface area contributed by atoms with Crippen LogP contribution in [0.1, 0.15) is 13.8 Å². The lowest BCUT2D eigenvalue weighted by Gasteiger charge is -2.26. The lowest BCUT2D eigenvalue weighted by atomic mass is 10.1. The van der Waals surface area contributed by atoms with Crippen LogP contribution in [0, 0.1) is 9.39 Å². The van der Waals surface area contributed by atoms with Crippen molar-refractivity contribution in [3.63, 3.8) is 0 Å². The average Bonchev–Trinajstić information content (AvgIpc) is 2.53. The highest BCUT2D eigenvalue weighted by Gasteiger charge is 2.25. The number of anilines is 1. The zero-order valence-electron chi connectivity index (χ0n) is 11.8. The van der Waals surface area contributed by atoms with E-state index in [0.29, 0.717) is 14.6 Å². The molecule has 0 saturated carbocycles. The fourth-order valence-electron chi connectivity index (χ4n) is 2.23. The topological polar surface area (TPSA) is 90.0 Å². The van der Waals surface area contributed by atoms with E-state index >= 15 is 0 Å². The predicted molar refractivity (Wildman–Crippen MR) is 88.9 cm³/mol. The van der Waals surface area contributed by atoms with Gasteiger partial charge in [-0.2, -0.15) is 0 Å². The van der Waals surface area contributed by atoms with Crippen molar-refractivity contribution in [2.45, 2.75) is 25.9 Å². The molecule has 9 heteroatoms. The molecule has 0 aliphatic carbocycles. The fourth-order valence-corrected chi connectivity index (χ4v) is 3.75. The van der Waals surface area contributed by atoms with Gasteiger partial charge in [0.05, 0.1) is 20.9 Å². The summed E-state index contributed by atoms with van der Waals surface area (Å²) in [7, 11) is -3.37. The number of imidazole rings is 1. The Morgan fingerprint density at radius 3 is 2.67 bits per heavy atom. The molecule has 1 heterocycles. The lowest BCUT2D eigenvalue weighted by Crippen LogP contribution is -2.46. The number of nitrogens with one attached hydrogen (secondary N) is 1. The molecule has 21 heavy (non-hydrogen) atoms. The van der Waals surface area contributed by atoms with Gasteiger partial charge < -0.3 is 10.3 Å². The van der Waals surface area contributed by atoms with Gasteiger partial charge in [0, 0.05) is 18.2 Å². The molecule has 0 spiro atoms. The second-order valence-corrected chi connectivity index (χ2v) is 8.48. The van der Waals surface area contributed by atoms with E-state index in [1.54, 1.807) is 24.5 Å². The molecule has 2 rings (SSSR count). The van der Waals surface area contributed by atoms with Crippen molar-refractivity contribution < 1.29 is 12.8 Å². The van der Waals surface area contributed by atoms with Crippen molar-refractivity contribution in [1.82, 2.24) is 14.3 Å². The maximum absolute atomic E-state index is 13.7. The third-order valence-corrected chi connectivity index (χ3v) is 4.58. The number of nitrogens with two attached hydrogens (primary N) is 1. The van der Waals surface area contributed by atoms with Gasteiger partial charge in [0.15, 0.2) is 0 Å². The average molecular weight is 426 g/mol. The number of aromatic nitrogens is 2. The minimum Gasteiger partial charge on any atom is -0.369 e. The van der Waals surface area contributed by atoms with Crippen LogP contribution >= 0.6 is 22.6 Å². The van der Waals surface area contributed by atoms with E-state index in [2.05, 4.69) is 9.71 Å². The Morgan fingerprint density at radius 1 is 1.48 bits per heavy atom. The molecule has 0 fully saturated rings. The van der Waals surface area contributed by atoms with Gasteiger partial charge in [-0.05, 0) is 42.5 Å². The van der Waals surface area contributed by atoms with Gasteiger partial charge >= 0.3 is 0 Å². The van der Waals surface area contributed by atoms with Gasteiger partial charge in [0.2, 0.25) is 16.0 Å². The van der Waals surface area contributed by atoms with E-state index in [-0.39, 0.29) is 18.3 Å². The summed E-state index contributed by atoms with van der Waals surface area (Å²) in [6.45, 7) is 3.69. The van der Waals surface area contributed by atoms with Crippen molar-refractivity contribution in [3.05, 3.63) is 21.5 Å². The van der Waals surface area contributed by atoms with Crippen molar-refractivity contribution in [1.29, 1.82) is 0 Å². The number of halogens is 2. The SMILES string of the molecule is CC(C)(Cn1c(N)nc2cc(I)c(F)cc21)NS(C)(=O)=O. The molecule has 0 aliphatic rings. The number of nitrogens with zero attached hydrogens (tertiary/aromatic N) is 2. The highest BCUT2D eigenvalue weighted by Crippen LogP contribution is 2.24. The summed E-state index contributed by atoms with van der Waals surface area (Å²) in [6, 6.07) is 2.96. The second kappa shape index (κ2) is 5.36. The van der Waals surface area contributed by atoms with Gasteiger partial charge in [-0.25, -0.2) is 22.5 Å². The maximum Gasteiger partial charge on any atom is 0.209 e. The Hall–Kier alpha value is -0.940.